The first-order valence-corrected chi connectivity index (χ1v) is 7.82. The van der Waals surface area contributed by atoms with Gasteiger partial charge >= 0.3 is 6.18 Å². The van der Waals surface area contributed by atoms with Gasteiger partial charge in [0.2, 0.25) is 17.7 Å². The van der Waals surface area contributed by atoms with Crippen molar-refractivity contribution in [2.75, 3.05) is 31.1 Å². The van der Waals surface area contributed by atoms with Crippen LogP contribution in [0.2, 0.25) is 0 Å². The zero-order valence-electron chi connectivity index (χ0n) is 13.6. The number of hydrogen-bond donors (Lipinski definition) is 0. The lowest BCUT2D eigenvalue weighted by Gasteiger charge is -2.36. The highest BCUT2D eigenvalue weighted by Gasteiger charge is 2.30. The lowest BCUT2D eigenvalue weighted by Crippen LogP contribution is -2.49. The van der Waals surface area contributed by atoms with Crippen molar-refractivity contribution in [1.29, 1.82) is 0 Å². The molecule has 1 amide bonds. The number of rotatable bonds is 3. The van der Waals surface area contributed by atoms with Gasteiger partial charge in [-0.25, -0.2) is 0 Å². The van der Waals surface area contributed by atoms with Crippen LogP contribution < -0.4 is 4.90 Å². The molecule has 0 aliphatic carbocycles. The number of carbonyl (C=O) groups excluding carboxylic acids is 1. The van der Waals surface area contributed by atoms with Gasteiger partial charge in [0.1, 0.15) is 6.42 Å². The molecule has 2 aromatic rings. The van der Waals surface area contributed by atoms with Crippen molar-refractivity contribution in [3.8, 4) is 0 Å². The van der Waals surface area contributed by atoms with E-state index in [9.17, 15) is 18.0 Å². The molecule has 0 N–H and O–H groups in total. The number of aromatic nitrogens is 2. The molecule has 25 heavy (non-hydrogen) atoms. The summed E-state index contributed by atoms with van der Waals surface area (Å²) in [7, 11) is 0. The molecule has 1 aromatic heterocycles. The lowest BCUT2D eigenvalue weighted by atomic mass is 10.1. The summed E-state index contributed by atoms with van der Waals surface area (Å²) in [6.07, 6.45) is -4.28. The Kier molecular flexibility index (Phi) is 4.65. The zero-order valence-corrected chi connectivity index (χ0v) is 13.6. The SMILES string of the molecule is Cc1nnc(CC(=O)N2CCN(c3ccc(C(F)(F)F)cc3)CC2)o1. The second-order valence-corrected chi connectivity index (χ2v) is 5.80. The second-order valence-electron chi connectivity index (χ2n) is 5.80. The number of nitrogens with zero attached hydrogens (tertiary/aromatic N) is 4. The van der Waals surface area contributed by atoms with Crippen molar-refractivity contribution in [2.24, 2.45) is 0 Å². The van der Waals surface area contributed by atoms with Crippen molar-refractivity contribution in [3.63, 3.8) is 0 Å². The predicted octanol–water partition coefficient (Wildman–Crippen LogP) is 2.29. The van der Waals surface area contributed by atoms with E-state index in [-0.39, 0.29) is 18.2 Å². The van der Waals surface area contributed by atoms with E-state index >= 15 is 0 Å². The van der Waals surface area contributed by atoms with Crippen LogP contribution in [0.25, 0.3) is 0 Å². The van der Waals surface area contributed by atoms with Gasteiger partial charge in [0.15, 0.2) is 0 Å². The number of piperazine rings is 1. The molecule has 2 heterocycles. The smallest absolute Gasteiger partial charge is 0.416 e. The fourth-order valence-corrected chi connectivity index (χ4v) is 2.73. The second kappa shape index (κ2) is 6.73. The predicted molar refractivity (Wildman–Crippen MR) is 83.0 cm³/mol. The van der Waals surface area contributed by atoms with E-state index in [2.05, 4.69) is 10.2 Å². The number of anilines is 1. The van der Waals surface area contributed by atoms with Gasteiger partial charge in [-0.1, -0.05) is 0 Å². The van der Waals surface area contributed by atoms with E-state index in [1.54, 1.807) is 11.8 Å². The lowest BCUT2D eigenvalue weighted by molar-refractivity contribution is -0.137. The Balaban J connectivity index is 1.55. The molecule has 1 aliphatic heterocycles. The van der Waals surface area contributed by atoms with Crippen LogP contribution in [0.15, 0.2) is 28.7 Å². The van der Waals surface area contributed by atoms with Gasteiger partial charge in [-0.05, 0) is 24.3 Å². The van der Waals surface area contributed by atoms with Gasteiger partial charge in [-0.3, -0.25) is 4.79 Å². The van der Waals surface area contributed by atoms with Crippen LogP contribution in [-0.2, 0) is 17.4 Å². The Morgan fingerprint density at radius 2 is 1.76 bits per heavy atom. The molecular weight excluding hydrogens is 337 g/mol. The molecular formula is C16H17F3N4O2. The maximum Gasteiger partial charge on any atom is 0.416 e. The summed E-state index contributed by atoms with van der Waals surface area (Å²) < 4.78 is 43.0. The number of hydrogen-bond acceptors (Lipinski definition) is 5. The molecule has 0 radical (unpaired) electrons. The van der Waals surface area contributed by atoms with Crippen LogP contribution in [0, 0.1) is 6.92 Å². The van der Waals surface area contributed by atoms with Crippen LogP contribution in [0.1, 0.15) is 17.3 Å². The summed E-state index contributed by atoms with van der Waals surface area (Å²) in [4.78, 5) is 15.9. The van der Waals surface area contributed by atoms with Crippen molar-refractivity contribution in [1.82, 2.24) is 15.1 Å². The van der Waals surface area contributed by atoms with Gasteiger partial charge < -0.3 is 14.2 Å². The quantitative estimate of drug-likeness (QED) is 0.846. The number of amides is 1. The number of alkyl halides is 3. The maximum absolute atomic E-state index is 12.6. The van der Waals surface area contributed by atoms with Crippen molar-refractivity contribution in [3.05, 3.63) is 41.6 Å². The fourth-order valence-electron chi connectivity index (χ4n) is 2.73. The molecule has 0 unspecified atom stereocenters. The van der Waals surface area contributed by atoms with Gasteiger partial charge in [0.05, 0.1) is 5.56 Å². The Bertz CT molecular complexity index is 735. The number of carbonyl (C=O) groups is 1. The van der Waals surface area contributed by atoms with Crippen LogP contribution in [-0.4, -0.2) is 47.2 Å². The fraction of sp³-hybridized carbons (Fsp3) is 0.438. The number of benzene rings is 1. The third kappa shape index (κ3) is 4.09. The molecule has 1 aliphatic rings. The first kappa shape index (κ1) is 17.2. The molecule has 0 atom stereocenters. The normalized spacial score (nSPS) is 15.5. The minimum absolute atomic E-state index is 0.0567. The first-order chi connectivity index (χ1) is 11.8. The van der Waals surface area contributed by atoms with E-state index in [4.69, 9.17) is 4.42 Å². The molecule has 6 nitrogen and oxygen atoms in total. The summed E-state index contributed by atoms with van der Waals surface area (Å²) in [5, 5.41) is 7.49. The summed E-state index contributed by atoms with van der Waals surface area (Å²) in [6.45, 7) is 3.75. The highest BCUT2D eigenvalue weighted by molar-refractivity contribution is 5.78. The highest BCUT2D eigenvalue weighted by Crippen LogP contribution is 2.30. The summed E-state index contributed by atoms with van der Waals surface area (Å²) >= 11 is 0. The van der Waals surface area contributed by atoms with E-state index in [1.807, 2.05) is 4.90 Å². The molecule has 0 saturated carbocycles. The van der Waals surface area contributed by atoms with Crippen molar-refractivity contribution in [2.45, 2.75) is 19.5 Å². The van der Waals surface area contributed by atoms with Crippen LogP contribution in [0.5, 0.6) is 0 Å². The standard InChI is InChI=1S/C16H17F3N4O2/c1-11-20-21-14(25-11)10-15(24)23-8-6-22(7-9-23)13-4-2-12(3-5-13)16(17,18)19/h2-5H,6-10H2,1H3. The Morgan fingerprint density at radius 1 is 1.12 bits per heavy atom. The molecule has 1 fully saturated rings. The highest BCUT2D eigenvalue weighted by atomic mass is 19.4. The molecule has 1 aromatic carbocycles. The van der Waals surface area contributed by atoms with Crippen LogP contribution >= 0.6 is 0 Å². The molecule has 134 valence electrons. The third-order valence-electron chi connectivity index (χ3n) is 4.06. The molecule has 1 saturated heterocycles. The minimum atomic E-state index is -4.34. The van der Waals surface area contributed by atoms with Crippen molar-refractivity contribution < 1.29 is 22.4 Å². The maximum atomic E-state index is 12.6. The van der Waals surface area contributed by atoms with Gasteiger partial charge in [-0.2, -0.15) is 13.2 Å². The van der Waals surface area contributed by atoms with Gasteiger partial charge in [0.25, 0.3) is 0 Å². The van der Waals surface area contributed by atoms with E-state index in [0.717, 1.165) is 12.1 Å². The largest absolute Gasteiger partial charge is 0.425 e. The van der Waals surface area contributed by atoms with Crippen LogP contribution in [0.3, 0.4) is 0 Å². The first-order valence-electron chi connectivity index (χ1n) is 7.82. The van der Waals surface area contributed by atoms with E-state index in [1.165, 1.54) is 12.1 Å². The average molecular weight is 354 g/mol. The van der Waals surface area contributed by atoms with E-state index in [0.29, 0.717) is 37.8 Å². The number of halogens is 3. The average Bonchev–Trinajstić information content (AvgIpc) is 2.99. The summed E-state index contributed by atoms with van der Waals surface area (Å²) in [6, 6.07) is 5.07. The molecule has 9 heteroatoms. The zero-order chi connectivity index (χ0) is 18.0. The Morgan fingerprint density at radius 3 is 2.28 bits per heavy atom. The van der Waals surface area contributed by atoms with E-state index < -0.39 is 11.7 Å². The molecule has 3 rings (SSSR count). The topological polar surface area (TPSA) is 62.5 Å². The van der Waals surface area contributed by atoms with Gasteiger partial charge in [-0.15, -0.1) is 10.2 Å². The third-order valence-corrected chi connectivity index (χ3v) is 4.06. The van der Waals surface area contributed by atoms with Crippen molar-refractivity contribution >= 4 is 11.6 Å². The Hall–Kier alpha value is -2.58. The monoisotopic (exact) mass is 354 g/mol. The molecule has 0 bridgehead atoms. The Labute approximate surface area is 142 Å². The summed E-state index contributed by atoms with van der Waals surface area (Å²) in [5.74, 6) is 0.596. The molecule has 0 spiro atoms. The minimum Gasteiger partial charge on any atom is -0.425 e. The number of aryl methyl sites for hydroxylation is 1. The van der Waals surface area contributed by atoms with Crippen LogP contribution in [0.4, 0.5) is 18.9 Å². The van der Waals surface area contributed by atoms with Gasteiger partial charge in [0, 0.05) is 38.8 Å². The summed E-state index contributed by atoms with van der Waals surface area (Å²) in [5.41, 5.74) is 0.0486.